The Hall–Kier alpha value is -2.84. The molecule has 9 heteroatoms. The smallest absolute Gasteiger partial charge is 0.311 e. The number of carboxylic acids is 1. The van der Waals surface area contributed by atoms with Crippen LogP contribution in [0.2, 0.25) is 0 Å². The molecule has 0 unspecified atom stereocenters. The molecule has 1 aromatic carbocycles. The topological polar surface area (TPSA) is 88.3 Å². The fourth-order valence-electron chi connectivity index (χ4n) is 4.46. The Morgan fingerprint density at radius 2 is 2.14 bits per heavy atom. The van der Waals surface area contributed by atoms with Crippen LogP contribution in [0.15, 0.2) is 18.2 Å². The lowest BCUT2D eigenvalue weighted by molar-refractivity contribution is -0.149. The summed E-state index contributed by atoms with van der Waals surface area (Å²) in [6, 6.07) is 3.28. The van der Waals surface area contributed by atoms with Crippen LogP contribution >= 0.6 is 0 Å². The van der Waals surface area contributed by atoms with Gasteiger partial charge in [0, 0.05) is 24.7 Å². The van der Waals surface area contributed by atoms with E-state index in [1.54, 1.807) is 6.92 Å². The van der Waals surface area contributed by atoms with E-state index in [1.165, 1.54) is 15.6 Å². The number of fused-ring (bicyclic) bond motifs is 1. The minimum Gasteiger partial charge on any atom is -0.481 e. The van der Waals surface area contributed by atoms with E-state index in [4.69, 9.17) is 0 Å². The van der Waals surface area contributed by atoms with E-state index in [2.05, 4.69) is 10.3 Å². The number of benzene rings is 1. The zero-order valence-corrected chi connectivity index (χ0v) is 15.4. The van der Waals surface area contributed by atoms with Gasteiger partial charge >= 0.3 is 5.97 Å². The quantitative estimate of drug-likeness (QED) is 0.865. The van der Waals surface area contributed by atoms with Gasteiger partial charge in [0.1, 0.15) is 11.6 Å². The molecule has 1 aliphatic carbocycles. The zero-order chi connectivity index (χ0) is 20.1. The highest BCUT2D eigenvalue weighted by Crippen LogP contribution is 2.49. The second-order valence-corrected chi connectivity index (χ2v) is 7.65. The van der Waals surface area contributed by atoms with E-state index in [-0.39, 0.29) is 36.2 Å². The van der Waals surface area contributed by atoms with Gasteiger partial charge in [0.2, 0.25) is 0 Å². The SMILES string of the molecule is Cc1c(C(=O)N2C[C@@H]3CCC[C@@]3(C(=O)O)C2)nnn1Cc1ccc(F)cc1F. The van der Waals surface area contributed by atoms with E-state index >= 15 is 0 Å². The summed E-state index contributed by atoms with van der Waals surface area (Å²) in [6.07, 6.45) is 2.23. The summed E-state index contributed by atoms with van der Waals surface area (Å²) in [4.78, 5) is 26.3. The lowest BCUT2D eigenvalue weighted by Crippen LogP contribution is -2.37. The number of aliphatic carboxylic acids is 1. The highest BCUT2D eigenvalue weighted by atomic mass is 19.1. The molecule has 28 heavy (non-hydrogen) atoms. The van der Waals surface area contributed by atoms with Gasteiger partial charge in [0.15, 0.2) is 5.69 Å². The Labute approximate surface area is 159 Å². The normalized spacial score (nSPS) is 23.8. The fraction of sp³-hybridized carbons (Fsp3) is 0.474. The van der Waals surface area contributed by atoms with Crippen molar-refractivity contribution in [3.63, 3.8) is 0 Å². The Balaban J connectivity index is 1.54. The number of carboxylic acid groups (broad SMARTS) is 1. The number of aromatic nitrogens is 3. The molecule has 0 spiro atoms. The van der Waals surface area contributed by atoms with Gasteiger partial charge in [-0.05, 0) is 31.7 Å². The minimum atomic E-state index is -0.864. The number of amides is 1. The lowest BCUT2D eigenvalue weighted by atomic mass is 9.81. The fourth-order valence-corrected chi connectivity index (χ4v) is 4.46. The van der Waals surface area contributed by atoms with Crippen LogP contribution in [0.1, 0.15) is 41.0 Å². The third-order valence-electron chi connectivity index (χ3n) is 6.10. The molecule has 1 aliphatic heterocycles. The summed E-state index contributed by atoms with van der Waals surface area (Å²) in [5, 5.41) is 17.6. The molecule has 7 nitrogen and oxygen atoms in total. The van der Waals surface area contributed by atoms with Crippen LogP contribution in [0.5, 0.6) is 0 Å². The number of halogens is 2. The average Bonchev–Trinajstić information content (AvgIpc) is 3.30. The van der Waals surface area contributed by atoms with Crippen molar-refractivity contribution < 1.29 is 23.5 Å². The molecule has 2 heterocycles. The molecule has 4 rings (SSSR count). The Kier molecular flexibility index (Phi) is 4.40. The molecular formula is C19H20F2N4O3. The van der Waals surface area contributed by atoms with Gasteiger partial charge in [-0.2, -0.15) is 0 Å². The van der Waals surface area contributed by atoms with E-state index in [1.807, 2.05) is 0 Å². The van der Waals surface area contributed by atoms with Gasteiger partial charge in [-0.15, -0.1) is 5.10 Å². The van der Waals surface area contributed by atoms with Crippen LogP contribution < -0.4 is 0 Å². The summed E-state index contributed by atoms with van der Waals surface area (Å²) in [5.74, 6) is -2.62. The molecule has 1 N–H and O–H groups in total. The minimum absolute atomic E-state index is 0.0138. The van der Waals surface area contributed by atoms with Crippen molar-refractivity contribution in [3.05, 3.63) is 46.8 Å². The second kappa shape index (κ2) is 6.65. The van der Waals surface area contributed by atoms with Crippen LogP contribution in [-0.2, 0) is 11.3 Å². The second-order valence-electron chi connectivity index (χ2n) is 7.65. The van der Waals surface area contributed by atoms with Crippen molar-refractivity contribution in [2.45, 2.75) is 32.7 Å². The van der Waals surface area contributed by atoms with Crippen molar-refractivity contribution in [2.24, 2.45) is 11.3 Å². The first-order valence-corrected chi connectivity index (χ1v) is 9.18. The average molecular weight is 390 g/mol. The van der Waals surface area contributed by atoms with Gasteiger partial charge in [-0.25, -0.2) is 13.5 Å². The molecule has 2 aliphatic rings. The number of likely N-dealkylation sites (tertiary alicyclic amines) is 1. The third kappa shape index (κ3) is 2.85. The van der Waals surface area contributed by atoms with E-state index in [0.717, 1.165) is 25.0 Å². The van der Waals surface area contributed by atoms with Crippen LogP contribution in [0.3, 0.4) is 0 Å². The summed E-state index contributed by atoms with van der Waals surface area (Å²) in [6.45, 7) is 2.23. The maximum Gasteiger partial charge on any atom is 0.311 e. The zero-order valence-electron chi connectivity index (χ0n) is 15.4. The largest absolute Gasteiger partial charge is 0.481 e. The first kappa shape index (κ1) is 18.5. The molecule has 1 saturated carbocycles. The standard InChI is InChI=1S/C19H20F2N4O3/c1-11-16(22-23-25(11)8-12-4-5-14(20)7-15(12)21)17(26)24-9-13-3-2-6-19(13,10-24)18(27)28/h4-5,7,13H,2-3,6,8-10H2,1H3,(H,27,28)/t13-,19+/m0/s1. The molecule has 148 valence electrons. The van der Waals surface area contributed by atoms with Crippen molar-refractivity contribution in [3.8, 4) is 0 Å². The van der Waals surface area contributed by atoms with Gasteiger partial charge in [0.05, 0.1) is 17.7 Å². The maximum absolute atomic E-state index is 13.9. The molecule has 1 amide bonds. The maximum atomic E-state index is 13.9. The number of rotatable bonds is 4. The van der Waals surface area contributed by atoms with Crippen LogP contribution in [-0.4, -0.2) is 50.0 Å². The predicted molar refractivity (Wildman–Crippen MR) is 93.5 cm³/mol. The Bertz CT molecular complexity index is 961. The summed E-state index contributed by atoms with van der Waals surface area (Å²) < 4.78 is 28.3. The number of carbonyl (C=O) groups is 2. The van der Waals surface area contributed by atoms with Gasteiger partial charge < -0.3 is 10.0 Å². The highest BCUT2D eigenvalue weighted by molar-refractivity contribution is 5.94. The number of hydrogen-bond acceptors (Lipinski definition) is 4. The molecule has 2 atom stereocenters. The van der Waals surface area contributed by atoms with Crippen molar-refractivity contribution >= 4 is 11.9 Å². The van der Waals surface area contributed by atoms with Gasteiger partial charge in [0.25, 0.3) is 5.91 Å². The Morgan fingerprint density at radius 3 is 2.82 bits per heavy atom. The number of carbonyl (C=O) groups excluding carboxylic acids is 1. The predicted octanol–water partition coefficient (Wildman–Crippen LogP) is 2.24. The monoisotopic (exact) mass is 390 g/mol. The number of hydrogen-bond donors (Lipinski definition) is 1. The van der Waals surface area contributed by atoms with Crippen LogP contribution in [0.25, 0.3) is 0 Å². The van der Waals surface area contributed by atoms with Crippen molar-refractivity contribution in [2.75, 3.05) is 13.1 Å². The molecule has 2 aromatic rings. The molecule has 1 aromatic heterocycles. The van der Waals surface area contributed by atoms with Crippen molar-refractivity contribution in [1.82, 2.24) is 19.9 Å². The highest BCUT2D eigenvalue weighted by Gasteiger charge is 2.56. The van der Waals surface area contributed by atoms with Crippen LogP contribution in [0.4, 0.5) is 8.78 Å². The lowest BCUT2D eigenvalue weighted by Gasteiger charge is -2.23. The first-order valence-electron chi connectivity index (χ1n) is 9.18. The van der Waals surface area contributed by atoms with E-state index in [0.29, 0.717) is 18.7 Å². The molecule has 0 bridgehead atoms. The van der Waals surface area contributed by atoms with E-state index in [9.17, 15) is 23.5 Å². The van der Waals surface area contributed by atoms with E-state index < -0.39 is 23.0 Å². The first-order chi connectivity index (χ1) is 13.3. The Morgan fingerprint density at radius 1 is 1.36 bits per heavy atom. The summed E-state index contributed by atoms with van der Waals surface area (Å²) in [5.41, 5.74) is -0.0521. The molecule has 1 saturated heterocycles. The van der Waals surface area contributed by atoms with Gasteiger partial charge in [-0.3, -0.25) is 9.59 Å². The molecular weight excluding hydrogens is 370 g/mol. The van der Waals surface area contributed by atoms with Gasteiger partial charge in [-0.1, -0.05) is 17.7 Å². The molecule has 2 fully saturated rings. The van der Waals surface area contributed by atoms with Crippen molar-refractivity contribution in [1.29, 1.82) is 0 Å². The summed E-state index contributed by atoms with van der Waals surface area (Å²) in [7, 11) is 0. The third-order valence-corrected chi connectivity index (χ3v) is 6.10. The van der Waals surface area contributed by atoms with Crippen LogP contribution in [0, 0.1) is 29.9 Å². The molecule has 0 radical (unpaired) electrons. The number of nitrogens with zero attached hydrogens (tertiary/aromatic N) is 4. The summed E-state index contributed by atoms with van der Waals surface area (Å²) >= 11 is 0.